The number of carbonyl (C=O) groups excluding carboxylic acids is 2. The Labute approximate surface area is 171 Å². The fourth-order valence-electron chi connectivity index (χ4n) is 2.87. The van der Waals surface area contributed by atoms with Crippen LogP contribution >= 0.6 is 0 Å². The number of hydrogen-bond donors (Lipinski definition) is 4. The third-order valence-corrected chi connectivity index (χ3v) is 4.57. The van der Waals surface area contributed by atoms with Gasteiger partial charge in [0.25, 0.3) is 12.3 Å². The highest BCUT2D eigenvalue weighted by Gasteiger charge is 2.23. The summed E-state index contributed by atoms with van der Waals surface area (Å²) in [6.07, 6.45) is -1.24. The molecule has 2 aromatic rings. The zero-order valence-electron chi connectivity index (χ0n) is 15.9. The molecule has 0 saturated heterocycles. The topological polar surface area (TPSA) is 108 Å². The summed E-state index contributed by atoms with van der Waals surface area (Å²) < 4.78 is 25.9. The van der Waals surface area contributed by atoms with Crippen molar-refractivity contribution in [3.05, 3.63) is 65.2 Å². The fraction of sp³-hybridized carbons (Fsp3) is 0.286. The lowest BCUT2D eigenvalue weighted by Crippen LogP contribution is -2.31. The van der Waals surface area contributed by atoms with Crippen LogP contribution in [0.25, 0.3) is 0 Å². The molecule has 0 spiro atoms. The van der Waals surface area contributed by atoms with Gasteiger partial charge in [-0.05, 0) is 48.7 Å². The van der Waals surface area contributed by atoms with Crippen molar-refractivity contribution in [1.29, 1.82) is 0 Å². The van der Waals surface area contributed by atoms with E-state index in [1.165, 1.54) is 36.4 Å². The van der Waals surface area contributed by atoms with Gasteiger partial charge in [-0.3, -0.25) is 9.59 Å². The van der Waals surface area contributed by atoms with Gasteiger partial charge in [-0.1, -0.05) is 18.2 Å². The number of aliphatic carboxylic acids is 1. The summed E-state index contributed by atoms with van der Waals surface area (Å²) in [4.78, 5) is 35.5. The number of carboxylic acids is 1. The Bertz CT molecular complexity index is 930. The molecule has 3 rings (SSSR count). The van der Waals surface area contributed by atoms with E-state index >= 15 is 0 Å². The highest BCUT2D eigenvalue weighted by Crippen LogP contribution is 2.25. The second-order valence-electron chi connectivity index (χ2n) is 7.04. The lowest BCUT2D eigenvalue weighted by molar-refractivity contribution is -0.137. The first-order valence-corrected chi connectivity index (χ1v) is 9.40. The van der Waals surface area contributed by atoms with Crippen LogP contribution in [0.3, 0.4) is 0 Å². The molecule has 158 valence electrons. The van der Waals surface area contributed by atoms with E-state index in [0.717, 1.165) is 12.8 Å². The van der Waals surface area contributed by atoms with E-state index < -0.39 is 30.8 Å². The number of alkyl halides is 2. The molecule has 1 aliphatic carbocycles. The molecule has 7 nitrogen and oxygen atoms in total. The molecule has 0 heterocycles. The summed E-state index contributed by atoms with van der Waals surface area (Å²) in [5.41, 5.74) is 0.760. The zero-order valence-corrected chi connectivity index (χ0v) is 15.9. The third-order valence-electron chi connectivity index (χ3n) is 4.57. The second-order valence-corrected chi connectivity index (χ2v) is 7.04. The second kappa shape index (κ2) is 9.34. The predicted octanol–water partition coefficient (Wildman–Crippen LogP) is 3.85. The third kappa shape index (κ3) is 6.00. The van der Waals surface area contributed by atoms with Gasteiger partial charge in [-0.15, -0.1) is 0 Å². The molecule has 1 aliphatic rings. The van der Waals surface area contributed by atoms with Crippen molar-refractivity contribution in [1.82, 2.24) is 10.6 Å². The van der Waals surface area contributed by atoms with Crippen LogP contribution in [-0.4, -0.2) is 29.1 Å². The first kappa shape index (κ1) is 21.2. The molecule has 1 fully saturated rings. The molecule has 0 radical (unpaired) electrons. The van der Waals surface area contributed by atoms with Crippen LogP contribution in [0, 0.1) is 0 Å². The minimum absolute atomic E-state index is 0.213. The maximum atomic E-state index is 13.0. The maximum Gasteiger partial charge on any atom is 0.319 e. The molecule has 4 N–H and O–H groups in total. The Morgan fingerprint density at radius 2 is 1.70 bits per heavy atom. The summed E-state index contributed by atoms with van der Waals surface area (Å²) in [5.74, 6) is -1.73. The van der Waals surface area contributed by atoms with Crippen molar-refractivity contribution in [2.24, 2.45) is 0 Å². The van der Waals surface area contributed by atoms with Crippen LogP contribution in [-0.2, 0) is 4.79 Å². The van der Waals surface area contributed by atoms with Crippen LogP contribution in [0.4, 0.5) is 19.3 Å². The summed E-state index contributed by atoms with van der Waals surface area (Å²) in [5, 5.41) is 17.2. The quantitative estimate of drug-likeness (QED) is 0.523. The largest absolute Gasteiger partial charge is 0.481 e. The van der Waals surface area contributed by atoms with Gasteiger partial charge in [0.15, 0.2) is 0 Å². The van der Waals surface area contributed by atoms with Gasteiger partial charge >= 0.3 is 12.0 Å². The van der Waals surface area contributed by atoms with Crippen molar-refractivity contribution in [2.75, 3.05) is 5.32 Å². The lowest BCUT2D eigenvalue weighted by atomic mass is 10.0. The molecule has 0 aromatic heterocycles. The van der Waals surface area contributed by atoms with Crippen molar-refractivity contribution in [2.45, 2.75) is 37.8 Å². The number of carboxylic acid groups (broad SMARTS) is 1. The minimum atomic E-state index is -2.71. The Morgan fingerprint density at radius 3 is 2.30 bits per heavy atom. The molecular formula is C21H21F2N3O4. The van der Waals surface area contributed by atoms with E-state index in [1.807, 2.05) is 0 Å². The Morgan fingerprint density at radius 1 is 1.03 bits per heavy atom. The number of rotatable bonds is 8. The van der Waals surface area contributed by atoms with Gasteiger partial charge in [-0.2, -0.15) is 0 Å². The van der Waals surface area contributed by atoms with Crippen LogP contribution in [0.5, 0.6) is 0 Å². The number of halogens is 2. The number of nitrogens with one attached hydrogen (secondary N) is 3. The van der Waals surface area contributed by atoms with E-state index in [9.17, 15) is 23.2 Å². The summed E-state index contributed by atoms with van der Waals surface area (Å²) >= 11 is 0. The number of hydrogen-bond acceptors (Lipinski definition) is 3. The SMILES string of the molecule is O=C(O)C[C@@H](NC(=O)c1ccc(NC(=O)NC2CC2)cc1)c1cccc(C(F)F)c1. The number of anilines is 1. The number of carbonyl (C=O) groups is 3. The molecule has 30 heavy (non-hydrogen) atoms. The Kier molecular flexibility index (Phi) is 6.61. The van der Waals surface area contributed by atoms with Crippen molar-refractivity contribution in [3.63, 3.8) is 0 Å². The van der Waals surface area contributed by atoms with Crippen LogP contribution in [0.15, 0.2) is 48.5 Å². The van der Waals surface area contributed by atoms with Crippen molar-refractivity contribution >= 4 is 23.6 Å². The zero-order chi connectivity index (χ0) is 21.7. The number of amides is 3. The Hall–Kier alpha value is -3.49. The molecule has 9 heteroatoms. The van der Waals surface area contributed by atoms with E-state index in [0.29, 0.717) is 5.69 Å². The van der Waals surface area contributed by atoms with Gasteiger partial charge < -0.3 is 21.1 Å². The van der Waals surface area contributed by atoms with Crippen molar-refractivity contribution in [3.8, 4) is 0 Å². The van der Waals surface area contributed by atoms with Gasteiger partial charge in [-0.25, -0.2) is 13.6 Å². The number of urea groups is 1. The monoisotopic (exact) mass is 417 g/mol. The van der Waals surface area contributed by atoms with E-state index in [-0.39, 0.29) is 28.8 Å². The molecule has 0 aliphatic heterocycles. The standard InChI is InChI=1S/C21H21F2N3O4/c22-19(23)14-3-1-2-13(10-14)17(11-18(27)28)26-20(29)12-4-6-15(7-5-12)24-21(30)25-16-8-9-16/h1-7,10,16-17,19H,8-9,11H2,(H,26,29)(H,27,28)(H2,24,25,30)/t17-/m1/s1. The van der Waals surface area contributed by atoms with Crippen LogP contribution in [0.2, 0.25) is 0 Å². The van der Waals surface area contributed by atoms with Crippen molar-refractivity contribution < 1.29 is 28.3 Å². The average Bonchev–Trinajstić information content (AvgIpc) is 3.51. The first-order chi connectivity index (χ1) is 14.3. The molecule has 0 unspecified atom stereocenters. The molecule has 3 amide bonds. The van der Waals surface area contributed by atoms with Crippen LogP contribution < -0.4 is 16.0 Å². The summed E-state index contributed by atoms with van der Waals surface area (Å²) in [6.45, 7) is 0. The summed E-state index contributed by atoms with van der Waals surface area (Å²) in [6, 6.07) is 10.3. The highest BCUT2D eigenvalue weighted by atomic mass is 19.3. The molecular weight excluding hydrogens is 396 g/mol. The maximum absolute atomic E-state index is 13.0. The normalized spacial score (nSPS) is 14.1. The Balaban J connectivity index is 1.68. The fourth-order valence-corrected chi connectivity index (χ4v) is 2.87. The van der Waals surface area contributed by atoms with Gasteiger partial charge in [0.1, 0.15) is 0 Å². The molecule has 0 bridgehead atoms. The van der Waals surface area contributed by atoms with Gasteiger partial charge in [0.05, 0.1) is 12.5 Å². The molecule has 2 aromatic carbocycles. The highest BCUT2D eigenvalue weighted by molar-refractivity contribution is 5.96. The number of benzene rings is 2. The smallest absolute Gasteiger partial charge is 0.319 e. The first-order valence-electron chi connectivity index (χ1n) is 9.40. The van der Waals surface area contributed by atoms with Gasteiger partial charge in [0, 0.05) is 22.9 Å². The van der Waals surface area contributed by atoms with Gasteiger partial charge in [0.2, 0.25) is 0 Å². The average molecular weight is 417 g/mol. The predicted molar refractivity (Wildman–Crippen MR) is 105 cm³/mol. The summed E-state index contributed by atoms with van der Waals surface area (Å²) in [7, 11) is 0. The van der Waals surface area contributed by atoms with E-state index in [4.69, 9.17) is 5.11 Å². The molecule has 1 saturated carbocycles. The van der Waals surface area contributed by atoms with E-state index in [2.05, 4.69) is 16.0 Å². The van der Waals surface area contributed by atoms with Crippen LogP contribution in [0.1, 0.15) is 53.2 Å². The lowest BCUT2D eigenvalue weighted by Gasteiger charge is -2.18. The molecule has 1 atom stereocenters. The minimum Gasteiger partial charge on any atom is -0.481 e. The van der Waals surface area contributed by atoms with E-state index in [1.54, 1.807) is 12.1 Å².